The summed E-state index contributed by atoms with van der Waals surface area (Å²) in [5, 5.41) is 5.69. The standard InChI is InChI=1S/C14H23N3O3S/c1-10(2)15-9-14(18)16-12-7-6-11(3)13(8-12)21(19,20)17(4)5/h6-8,10,15H,9H2,1-5H3,(H,16,18). The van der Waals surface area contributed by atoms with E-state index in [0.717, 1.165) is 4.31 Å². The Bertz CT molecular complexity index is 610. The number of sulfonamides is 1. The van der Waals surface area contributed by atoms with E-state index in [0.29, 0.717) is 11.3 Å². The zero-order chi connectivity index (χ0) is 16.2. The van der Waals surface area contributed by atoms with Gasteiger partial charge in [0.05, 0.1) is 11.4 Å². The number of carbonyl (C=O) groups excluding carboxylic acids is 1. The fraction of sp³-hybridized carbons (Fsp3) is 0.500. The van der Waals surface area contributed by atoms with Crippen molar-refractivity contribution in [1.29, 1.82) is 0 Å². The maximum absolute atomic E-state index is 12.2. The van der Waals surface area contributed by atoms with Crippen LogP contribution in [0.5, 0.6) is 0 Å². The summed E-state index contributed by atoms with van der Waals surface area (Å²) in [7, 11) is -0.568. The second kappa shape index (κ2) is 7.02. The Balaban J connectivity index is 2.95. The van der Waals surface area contributed by atoms with E-state index in [1.807, 2.05) is 13.8 Å². The molecule has 118 valence electrons. The number of nitrogens with zero attached hydrogens (tertiary/aromatic N) is 1. The van der Waals surface area contributed by atoms with E-state index in [4.69, 9.17) is 0 Å². The summed E-state index contributed by atoms with van der Waals surface area (Å²) in [4.78, 5) is 12.0. The van der Waals surface area contributed by atoms with Crippen LogP contribution in [0, 0.1) is 6.92 Å². The molecule has 0 radical (unpaired) electrons. The highest BCUT2D eigenvalue weighted by Gasteiger charge is 2.20. The van der Waals surface area contributed by atoms with Crippen LogP contribution in [0.3, 0.4) is 0 Å². The minimum absolute atomic E-state index is 0.182. The number of hydrogen-bond acceptors (Lipinski definition) is 4. The number of carbonyl (C=O) groups is 1. The molecule has 2 N–H and O–H groups in total. The predicted octanol–water partition coefficient (Wildman–Crippen LogP) is 1.18. The summed E-state index contributed by atoms with van der Waals surface area (Å²) < 4.78 is 25.6. The third-order valence-electron chi connectivity index (χ3n) is 2.90. The van der Waals surface area contributed by atoms with Crippen molar-refractivity contribution in [1.82, 2.24) is 9.62 Å². The monoisotopic (exact) mass is 313 g/mol. The molecule has 21 heavy (non-hydrogen) atoms. The van der Waals surface area contributed by atoms with Crippen LogP contribution in [0.2, 0.25) is 0 Å². The molecule has 0 unspecified atom stereocenters. The number of nitrogens with one attached hydrogen (secondary N) is 2. The van der Waals surface area contributed by atoms with Crippen LogP contribution in [0.4, 0.5) is 5.69 Å². The largest absolute Gasteiger partial charge is 0.325 e. The Labute approximate surface area is 126 Å². The summed E-state index contributed by atoms with van der Waals surface area (Å²) in [5.41, 5.74) is 1.11. The summed E-state index contributed by atoms with van der Waals surface area (Å²) in [5.74, 6) is -0.208. The van der Waals surface area contributed by atoms with E-state index < -0.39 is 10.0 Å². The molecule has 0 saturated heterocycles. The first-order valence-electron chi connectivity index (χ1n) is 6.71. The molecule has 1 rings (SSSR count). The van der Waals surface area contributed by atoms with Gasteiger partial charge in [-0.2, -0.15) is 0 Å². The summed E-state index contributed by atoms with van der Waals surface area (Å²) >= 11 is 0. The number of amides is 1. The highest BCUT2D eigenvalue weighted by Crippen LogP contribution is 2.22. The van der Waals surface area contributed by atoms with Crippen LogP contribution in [-0.2, 0) is 14.8 Å². The molecule has 1 aromatic carbocycles. The molecular weight excluding hydrogens is 290 g/mol. The zero-order valence-corrected chi connectivity index (χ0v) is 13.9. The normalized spacial score (nSPS) is 12.0. The first-order valence-corrected chi connectivity index (χ1v) is 8.15. The SMILES string of the molecule is Cc1ccc(NC(=O)CNC(C)C)cc1S(=O)(=O)N(C)C. The Morgan fingerprint density at radius 2 is 1.90 bits per heavy atom. The van der Waals surface area contributed by atoms with Gasteiger partial charge in [-0.05, 0) is 24.6 Å². The van der Waals surface area contributed by atoms with Gasteiger partial charge >= 0.3 is 0 Å². The van der Waals surface area contributed by atoms with Gasteiger partial charge in [0.2, 0.25) is 15.9 Å². The lowest BCUT2D eigenvalue weighted by Gasteiger charge is -2.15. The average molecular weight is 313 g/mol. The predicted molar refractivity (Wildman–Crippen MR) is 83.8 cm³/mol. The topological polar surface area (TPSA) is 78.5 Å². The van der Waals surface area contributed by atoms with Gasteiger partial charge in [0.1, 0.15) is 0 Å². The highest BCUT2D eigenvalue weighted by molar-refractivity contribution is 7.89. The molecule has 0 saturated carbocycles. The maximum Gasteiger partial charge on any atom is 0.242 e. The van der Waals surface area contributed by atoms with Gasteiger partial charge in [-0.1, -0.05) is 19.9 Å². The molecule has 0 heterocycles. The van der Waals surface area contributed by atoms with Gasteiger partial charge in [-0.3, -0.25) is 4.79 Å². The van der Waals surface area contributed by atoms with Crippen LogP contribution in [-0.4, -0.2) is 45.3 Å². The minimum atomic E-state index is -3.53. The van der Waals surface area contributed by atoms with Crippen molar-refractivity contribution in [3.63, 3.8) is 0 Å². The van der Waals surface area contributed by atoms with Crippen molar-refractivity contribution < 1.29 is 13.2 Å². The second-order valence-corrected chi connectivity index (χ2v) is 7.47. The molecule has 0 fully saturated rings. The molecule has 6 nitrogen and oxygen atoms in total. The molecular formula is C14H23N3O3S. The lowest BCUT2D eigenvalue weighted by atomic mass is 10.2. The van der Waals surface area contributed by atoms with Gasteiger partial charge in [0.25, 0.3) is 0 Å². The number of rotatable bonds is 6. The van der Waals surface area contributed by atoms with E-state index >= 15 is 0 Å². The number of aryl methyl sites for hydroxylation is 1. The van der Waals surface area contributed by atoms with Gasteiger partial charge in [-0.15, -0.1) is 0 Å². The first-order chi connectivity index (χ1) is 9.64. The van der Waals surface area contributed by atoms with E-state index in [2.05, 4.69) is 10.6 Å². The summed E-state index contributed by atoms with van der Waals surface area (Å²) in [6.07, 6.45) is 0. The Morgan fingerprint density at radius 1 is 1.29 bits per heavy atom. The van der Waals surface area contributed by atoms with Gasteiger partial charge < -0.3 is 10.6 Å². The van der Waals surface area contributed by atoms with Crippen molar-refractivity contribution in [3.8, 4) is 0 Å². The van der Waals surface area contributed by atoms with Crippen LogP contribution in [0.1, 0.15) is 19.4 Å². The van der Waals surface area contributed by atoms with E-state index in [9.17, 15) is 13.2 Å². The molecule has 0 aliphatic heterocycles. The van der Waals surface area contributed by atoms with Gasteiger partial charge in [-0.25, -0.2) is 12.7 Å². The van der Waals surface area contributed by atoms with Crippen molar-refractivity contribution in [2.45, 2.75) is 31.7 Å². The zero-order valence-electron chi connectivity index (χ0n) is 13.1. The van der Waals surface area contributed by atoms with Crippen LogP contribution in [0.25, 0.3) is 0 Å². The van der Waals surface area contributed by atoms with E-state index in [-0.39, 0.29) is 23.4 Å². The Hall–Kier alpha value is -1.44. The van der Waals surface area contributed by atoms with Crippen molar-refractivity contribution in [2.75, 3.05) is 26.0 Å². The van der Waals surface area contributed by atoms with Crippen molar-refractivity contribution in [3.05, 3.63) is 23.8 Å². The molecule has 1 amide bonds. The van der Waals surface area contributed by atoms with Gasteiger partial charge in [0, 0.05) is 25.8 Å². The first kappa shape index (κ1) is 17.6. The number of benzene rings is 1. The maximum atomic E-state index is 12.2. The molecule has 7 heteroatoms. The lowest BCUT2D eigenvalue weighted by molar-refractivity contribution is -0.115. The summed E-state index contributed by atoms with van der Waals surface area (Å²) in [6, 6.07) is 5.07. The fourth-order valence-corrected chi connectivity index (χ4v) is 2.80. The Kier molecular flexibility index (Phi) is 5.88. The molecule has 0 atom stereocenters. The van der Waals surface area contributed by atoms with Crippen molar-refractivity contribution in [2.24, 2.45) is 0 Å². The minimum Gasteiger partial charge on any atom is -0.325 e. The van der Waals surface area contributed by atoms with Crippen molar-refractivity contribution >= 4 is 21.6 Å². The average Bonchev–Trinajstić information content (AvgIpc) is 2.38. The summed E-state index contributed by atoms with van der Waals surface area (Å²) in [6.45, 7) is 5.80. The molecule has 0 bridgehead atoms. The Morgan fingerprint density at radius 3 is 2.43 bits per heavy atom. The smallest absolute Gasteiger partial charge is 0.242 e. The molecule has 0 aliphatic carbocycles. The third kappa shape index (κ3) is 4.80. The second-order valence-electron chi connectivity index (χ2n) is 5.35. The van der Waals surface area contributed by atoms with Gasteiger partial charge in [0.15, 0.2) is 0 Å². The molecule has 0 spiro atoms. The van der Waals surface area contributed by atoms with E-state index in [1.54, 1.807) is 19.1 Å². The lowest BCUT2D eigenvalue weighted by Crippen LogP contribution is -2.32. The fourth-order valence-electron chi connectivity index (χ4n) is 1.65. The van der Waals surface area contributed by atoms with Crippen LogP contribution < -0.4 is 10.6 Å². The van der Waals surface area contributed by atoms with E-state index in [1.165, 1.54) is 20.2 Å². The molecule has 0 aromatic heterocycles. The number of hydrogen-bond donors (Lipinski definition) is 2. The molecule has 0 aliphatic rings. The molecule has 1 aromatic rings. The van der Waals surface area contributed by atoms with Crippen LogP contribution in [0.15, 0.2) is 23.1 Å². The quantitative estimate of drug-likeness (QED) is 0.827. The highest BCUT2D eigenvalue weighted by atomic mass is 32.2. The number of anilines is 1. The van der Waals surface area contributed by atoms with Crippen LogP contribution >= 0.6 is 0 Å². The third-order valence-corrected chi connectivity index (χ3v) is 4.86.